The second-order valence-electron chi connectivity index (χ2n) is 7.10. The van der Waals surface area contributed by atoms with E-state index in [0.717, 1.165) is 28.8 Å². The highest BCUT2D eigenvalue weighted by molar-refractivity contribution is 7.82. The zero-order chi connectivity index (χ0) is 21.5. The van der Waals surface area contributed by atoms with Crippen LogP contribution < -0.4 is 10.1 Å². The van der Waals surface area contributed by atoms with Crippen molar-refractivity contribution in [1.29, 1.82) is 0 Å². The van der Waals surface area contributed by atoms with Crippen molar-refractivity contribution >= 4 is 22.8 Å². The molecule has 0 spiro atoms. The van der Waals surface area contributed by atoms with Crippen molar-refractivity contribution in [3.63, 3.8) is 0 Å². The topological polar surface area (TPSA) is 75.7 Å². The molecular weight excluding hydrogens is 421 g/mol. The molecule has 2 aliphatic heterocycles. The summed E-state index contributed by atoms with van der Waals surface area (Å²) in [4.78, 5) is 23.7. The summed E-state index contributed by atoms with van der Waals surface area (Å²) in [5, 5.41) is 2.34. The lowest BCUT2D eigenvalue weighted by Crippen LogP contribution is -2.39. The molecule has 2 heterocycles. The number of piperidine rings is 1. The van der Waals surface area contributed by atoms with E-state index in [1.54, 1.807) is 4.31 Å². The Morgan fingerprint density at radius 1 is 1.07 bits per heavy atom. The minimum absolute atomic E-state index is 0.204. The Hall–Kier alpha value is -2.72. The molecule has 6 nitrogen and oxygen atoms in total. The molecule has 0 saturated carbocycles. The standard InChI is InChI=1S/C20H17F3N2O4S/c21-20(22,23)29-15-2-1-3-16(9-15)30(28)25-10-13-5-4-12(8-14(13)11-25)17-6-7-18(26)24-19(17)27/h1-5,8-9,17H,6-7,10-11H2,(H,24,26,27). The van der Waals surface area contributed by atoms with Crippen LogP contribution >= 0.6 is 0 Å². The van der Waals surface area contributed by atoms with Gasteiger partial charge in [0.15, 0.2) is 0 Å². The largest absolute Gasteiger partial charge is 0.573 e. The van der Waals surface area contributed by atoms with Gasteiger partial charge in [-0.15, -0.1) is 13.2 Å². The molecule has 10 heteroatoms. The molecule has 2 aliphatic rings. The van der Waals surface area contributed by atoms with E-state index in [-0.39, 0.29) is 23.1 Å². The number of ether oxygens (including phenoxy) is 1. The maximum Gasteiger partial charge on any atom is 0.573 e. The van der Waals surface area contributed by atoms with Crippen molar-refractivity contribution < 1.29 is 31.7 Å². The number of amides is 2. The lowest BCUT2D eigenvalue weighted by Gasteiger charge is -2.21. The second-order valence-corrected chi connectivity index (χ2v) is 8.59. The Labute approximate surface area is 172 Å². The number of fused-ring (bicyclic) bond motifs is 1. The van der Waals surface area contributed by atoms with Crippen molar-refractivity contribution in [3.8, 4) is 5.75 Å². The monoisotopic (exact) mass is 438 g/mol. The molecule has 4 rings (SSSR count). The Balaban J connectivity index is 1.49. The third kappa shape index (κ3) is 4.39. The van der Waals surface area contributed by atoms with E-state index in [0.29, 0.717) is 19.5 Å². The molecule has 0 radical (unpaired) electrons. The summed E-state index contributed by atoms with van der Waals surface area (Å²) >= 11 is 0. The number of rotatable bonds is 4. The van der Waals surface area contributed by atoms with Gasteiger partial charge >= 0.3 is 6.36 Å². The number of halogens is 3. The van der Waals surface area contributed by atoms with Gasteiger partial charge in [0.1, 0.15) is 16.7 Å². The predicted octanol–water partition coefficient (Wildman–Crippen LogP) is 3.14. The summed E-state index contributed by atoms with van der Waals surface area (Å²) in [6, 6.07) is 10.7. The number of nitrogens with zero attached hydrogens (tertiary/aromatic N) is 1. The van der Waals surface area contributed by atoms with Crippen molar-refractivity contribution in [1.82, 2.24) is 9.62 Å². The molecule has 2 unspecified atom stereocenters. The lowest BCUT2D eigenvalue weighted by molar-refractivity contribution is -0.274. The summed E-state index contributed by atoms with van der Waals surface area (Å²) in [5.74, 6) is -1.45. The first-order chi connectivity index (χ1) is 14.2. The van der Waals surface area contributed by atoms with Gasteiger partial charge in [-0.25, -0.2) is 8.51 Å². The summed E-state index contributed by atoms with van der Waals surface area (Å²) < 4.78 is 55.8. The van der Waals surface area contributed by atoms with Crippen LogP contribution in [0.25, 0.3) is 0 Å². The van der Waals surface area contributed by atoms with E-state index in [1.807, 2.05) is 18.2 Å². The zero-order valence-electron chi connectivity index (χ0n) is 15.6. The van der Waals surface area contributed by atoms with Gasteiger partial charge in [0.2, 0.25) is 11.8 Å². The number of imide groups is 1. The summed E-state index contributed by atoms with van der Waals surface area (Å²) in [5.41, 5.74) is 2.61. The van der Waals surface area contributed by atoms with Crippen LogP contribution in [-0.2, 0) is 33.7 Å². The van der Waals surface area contributed by atoms with Gasteiger partial charge in [-0.1, -0.05) is 24.3 Å². The number of carbonyl (C=O) groups is 2. The van der Waals surface area contributed by atoms with Gasteiger partial charge in [-0.3, -0.25) is 14.9 Å². The normalized spacial score (nSPS) is 20.6. The smallest absolute Gasteiger partial charge is 0.406 e. The average molecular weight is 438 g/mol. The number of carbonyl (C=O) groups excluding carboxylic acids is 2. The molecule has 30 heavy (non-hydrogen) atoms. The van der Waals surface area contributed by atoms with Gasteiger partial charge in [-0.05, 0) is 41.3 Å². The van der Waals surface area contributed by atoms with Crippen LogP contribution in [0.5, 0.6) is 5.75 Å². The van der Waals surface area contributed by atoms with Gasteiger partial charge in [0.25, 0.3) is 0 Å². The number of hydrogen-bond donors (Lipinski definition) is 1. The summed E-state index contributed by atoms with van der Waals surface area (Å²) in [6.45, 7) is 0.690. The molecule has 0 aliphatic carbocycles. The van der Waals surface area contributed by atoms with Crippen molar-refractivity contribution in [2.24, 2.45) is 0 Å². The van der Waals surface area contributed by atoms with Gasteiger partial charge in [0.05, 0.1) is 10.8 Å². The van der Waals surface area contributed by atoms with Crippen molar-refractivity contribution in [3.05, 3.63) is 59.2 Å². The predicted molar refractivity (Wildman–Crippen MR) is 100 cm³/mol. The third-order valence-electron chi connectivity index (χ3n) is 5.04. The summed E-state index contributed by atoms with van der Waals surface area (Å²) in [7, 11) is -1.68. The molecule has 2 atom stereocenters. The molecule has 2 aromatic rings. The first-order valence-corrected chi connectivity index (χ1v) is 10.3. The Bertz CT molecular complexity index is 1040. The minimum atomic E-state index is -4.82. The van der Waals surface area contributed by atoms with Gasteiger partial charge in [-0.2, -0.15) is 0 Å². The number of alkyl halides is 3. The third-order valence-corrected chi connectivity index (χ3v) is 6.42. The van der Waals surface area contributed by atoms with E-state index in [1.165, 1.54) is 12.1 Å². The van der Waals surface area contributed by atoms with Crippen LogP contribution in [-0.4, -0.2) is 26.7 Å². The molecule has 2 amide bonds. The van der Waals surface area contributed by atoms with Gasteiger partial charge in [0, 0.05) is 19.5 Å². The Morgan fingerprint density at radius 3 is 2.57 bits per heavy atom. The van der Waals surface area contributed by atoms with E-state index < -0.39 is 29.0 Å². The van der Waals surface area contributed by atoms with Crippen LogP contribution in [0.1, 0.15) is 35.4 Å². The molecule has 0 aromatic heterocycles. The van der Waals surface area contributed by atoms with Crippen molar-refractivity contribution in [2.45, 2.75) is 43.1 Å². The molecule has 1 N–H and O–H groups in total. The van der Waals surface area contributed by atoms with Crippen LogP contribution in [0.2, 0.25) is 0 Å². The SMILES string of the molecule is O=C1CCC(c2ccc3c(c2)CN(S(=O)c2cccc(OC(F)(F)F)c2)C3)C(=O)N1. The summed E-state index contributed by atoms with van der Waals surface area (Å²) in [6.07, 6.45) is -4.11. The molecule has 1 fully saturated rings. The van der Waals surface area contributed by atoms with Crippen molar-refractivity contribution in [2.75, 3.05) is 0 Å². The molecule has 158 valence electrons. The fourth-order valence-corrected chi connectivity index (χ4v) is 4.88. The van der Waals surface area contributed by atoms with E-state index >= 15 is 0 Å². The molecular formula is C20H17F3N2O4S. The molecule has 1 saturated heterocycles. The number of hydrogen-bond acceptors (Lipinski definition) is 4. The van der Waals surface area contributed by atoms with E-state index in [4.69, 9.17) is 0 Å². The van der Waals surface area contributed by atoms with Gasteiger partial charge < -0.3 is 4.74 Å². The fourth-order valence-electron chi connectivity index (χ4n) is 3.66. The van der Waals surface area contributed by atoms with E-state index in [2.05, 4.69) is 10.1 Å². The fraction of sp³-hybridized carbons (Fsp3) is 0.300. The average Bonchev–Trinajstić information content (AvgIpc) is 3.09. The van der Waals surface area contributed by atoms with Crippen LogP contribution in [0, 0.1) is 0 Å². The first-order valence-electron chi connectivity index (χ1n) is 9.17. The highest BCUT2D eigenvalue weighted by Crippen LogP contribution is 2.32. The number of benzene rings is 2. The molecule has 2 aromatic carbocycles. The quantitative estimate of drug-likeness (QED) is 0.745. The Morgan fingerprint density at radius 2 is 1.83 bits per heavy atom. The Kier molecular flexibility index (Phi) is 5.37. The first kappa shape index (κ1) is 20.5. The molecule has 0 bridgehead atoms. The zero-order valence-corrected chi connectivity index (χ0v) is 16.4. The van der Waals surface area contributed by atoms with Crippen LogP contribution in [0.4, 0.5) is 13.2 Å². The van der Waals surface area contributed by atoms with E-state index in [9.17, 15) is 27.0 Å². The van der Waals surface area contributed by atoms with Crippen LogP contribution in [0.3, 0.4) is 0 Å². The maximum absolute atomic E-state index is 12.9. The maximum atomic E-state index is 12.9. The highest BCUT2D eigenvalue weighted by Gasteiger charge is 2.32. The lowest BCUT2D eigenvalue weighted by atomic mass is 9.89. The second kappa shape index (κ2) is 7.84. The van der Waals surface area contributed by atoms with Crippen LogP contribution in [0.15, 0.2) is 47.4 Å². The number of nitrogens with one attached hydrogen (secondary N) is 1. The highest BCUT2D eigenvalue weighted by atomic mass is 32.2. The minimum Gasteiger partial charge on any atom is -0.406 e.